The van der Waals surface area contributed by atoms with Gasteiger partial charge in [-0.3, -0.25) is 4.72 Å². The summed E-state index contributed by atoms with van der Waals surface area (Å²) < 4.78 is 37.4. The summed E-state index contributed by atoms with van der Waals surface area (Å²) in [6.45, 7) is 3.61. The van der Waals surface area contributed by atoms with Crippen molar-refractivity contribution in [3.05, 3.63) is 53.9 Å². The van der Waals surface area contributed by atoms with Crippen LogP contribution < -0.4 is 10.0 Å². The summed E-state index contributed by atoms with van der Waals surface area (Å²) >= 11 is 0. The Hall–Kier alpha value is -2.81. The molecular weight excluding hydrogens is 332 g/mol. The number of hydrogen-bond donors (Lipinski definition) is 2. The average Bonchev–Trinajstić information content (AvgIpc) is 3.16. The lowest BCUT2D eigenvalue weighted by Gasteiger charge is -2.08. The molecule has 0 aliphatic carbocycles. The van der Waals surface area contributed by atoms with E-state index in [4.69, 9.17) is 8.94 Å². The van der Waals surface area contributed by atoms with E-state index < -0.39 is 10.0 Å². The quantitative estimate of drug-likeness (QED) is 0.704. The molecule has 3 heterocycles. The van der Waals surface area contributed by atoms with E-state index in [2.05, 4.69) is 20.2 Å². The molecule has 0 aliphatic heterocycles. The number of sulfonamides is 1. The molecule has 2 N–H and O–H groups in total. The molecule has 0 bridgehead atoms. The summed E-state index contributed by atoms with van der Waals surface area (Å²) in [6.07, 6.45) is 3.03. The third-order valence-electron chi connectivity index (χ3n) is 3.28. The van der Waals surface area contributed by atoms with Gasteiger partial charge in [-0.05, 0) is 38.1 Å². The van der Waals surface area contributed by atoms with Crippen LogP contribution in [0.5, 0.6) is 0 Å². The van der Waals surface area contributed by atoms with Crippen LogP contribution in [-0.4, -0.2) is 18.6 Å². The highest BCUT2D eigenvalue weighted by Crippen LogP contribution is 2.22. The Balaban J connectivity index is 1.70. The summed E-state index contributed by atoms with van der Waals surface area (Å²) in [5, 5.41) is 6.73. The summed E-state index contributed by atoms with van der Waals surface area (Å²) in [4.78, 5) is 4.21. The van der Waals surface area contributed by atoms with Gasteiger partial charge in [0.25, 0.3) is 10.0 Å². The Bertz CT molecular complexity index is 896. The van der Waals surface area contributed by atoms with Crippen molar-refractivity contribution in [3.63, 3.8) is 0 Å². The van der Waals surface area contributed by atoms with Gasteiger partial charge in [0.15, 0.2) is 10.7 Å². The zero-order chi connectivity index (χ0) is 17.2. The van der Waals surface area contributed by atoms with Gasteiger partial charge in [0.05, 0.1) is 24.7 Å². The highest BCUT2D eigenvalue weighted by Gasteiger charge is 2.24. The van der Waals surface area contributed by atoms with Crippen LogP contribution in [0.15, 0.2) is 50.6 Å². The highest BCUT2D eigenvalue weighted by atomic mass is 32.2. The molecule has 24 heavy (non-hydrogen) atoms. The molecule has 3 rings (SSSR count). The zero-order valence-electron chi connectivity index (χ0n) is 13.1. The van der Waals surface area contributed by atoms with Gasteiger partial charge in [0, 0.05) is 0 Å². The average molecular weight is 348 g/mol. The predicted octanol–water partition coefficient (Wildman–Crippen LogP) is 2.69. The van der Waals surface area contributed by atoms with Gasteiger partial charge >= 0.3 is 0 Å². The lowest BCUT2D eigenvalue weighted by atomic mass is 10.4. The van der Waals surface area contributed by atoms with Crippen molar-refractivity contribution in [2.24, 2.45) is 0 Å². The molecule has 126 valence electrons. The number of nitrogens with zero attached hydrogens (tertiary/aromatic N) is 2. The lowest BCUT2D eigenvalue weighted by molar-refractivity contribution is 0.390. The molecule has 0 unspecified atom stereocenters. The van der Waals surface area contributed by atoms with Crippen molar-refractivity contribution in [1.82, 2.24) is 10.1 Å². The van der Waals surface area contributed by atoms with Crippen molar-refractivity contribution in [2.75, 3.05) is 10.0 Å². The van der Waals surface area contributed by atoms with Crippen LogP contribution in [0, 0.1) is 13.8 Å². The maximum absolute atomic E-state index is 12.4. The van der Waals surface area contributed by atoms with Crippen LogP contribution in [0.4, 0.5) is 11.5 Å². The first kappa shape index (κ1) is 16.1. The van der Waals surface area contributed by atoms with Gasteiger partial charge < -0.3 is 14.3 Å². The van der Waals surface area contributed by atoms with Crippen molar-refractivity contribution in [3.8, 4) is 0 Å². The first-order valence-electron chi connectivity index (χ1n) is 7.14. The van der Waals surface area contributed by atoms with Gasteiger partial charge in [-0.15, -0.1) is 0 Å². The van der Waals surface area contributed by atoms with Crippen molar-refractivity contribution < 1.29 is 17.4 Å². The fourth-order valence-corrected chi connectivity index (χ4v) is 3.59. The van der Waals surface area contributed by atoms with Gasteiger partial charge in [0.1, 0.15) is 17.3 Å². The summed E-state index contributed by atoms with van der Waals surface area (Å²) in [5.41, 5.74) is 0.656. The third kappa shape index (κ3) is 3.40. The predicted molar refractivity (Wildman–Crippen MR) is 87.1 cm³/mol. The summed E-state index contributed by atoms with van der Waals surface area (Å²) in [7, 11) is -3.77. The molecule has 0 aromatic carbocycles. The molecular formula is C15H16N4O4S. The molecule has 0 atom stereocenters. The van der Waals surface area contributed by atoms with Crippen molar-refractivity contribution in [2.45, 2.75) is 25.3 Å². The Morgan fingerprint density at radius 1 is 1.21 bits per heavy atom. The molecule has 0 amide bonds. The first-order valence-corrected chi connectivity index (χ1v) is 8.62. The van der Waals surface area contributed by atoms with E-state index in [0.717, 1.165) is 5.76 Å². The fourth-order valence-electron chi connectivity index (χ4n) is 2.21. The van der Waals surface area contributed by atoms with E-state index in [-0.39, 0.29) is 10.7 Å². The minimum absolute atomic E-state index is 0.0440. The van der Waals surface area contributed by atoms with Gasteiger partial charge in [-0.1, -0.05) is 5.16 Å². The molecule has 0 saturated carbocycles. The van der Waals surface area contributed by atoms with E-state index >= 15 is 0 Å². The molecule has 3 aromatic heterocycles. The number of furan rings is 1. The third-order valence-corrected chi connectivity index (χ3v) is 4.90. The Labute approximate surface area is 138 Å². The SMILES string of the molecule is Cc1noc(C)c1S(=O)(=O)Nc1ccc(NCc2ccco2)nc1. The van der Waals surface area contributed by atoms with Crippen LogP contribution in [0.2, 0.25) is 0 Å². The molecule has 0 saturated heterocycles. The highest BCUT2D eigenvalue weighted by molar-refractivity contribution is 7.92. The number of hydrogen-bond acceptors (Lipinski definition) is 7. The second kappa shape index (κ2) is 6.36. The van der Waals surface area contributed by atoms with E-state index in [1.165, 1.54) is 6.20 Å². The van der Waals surface area contributed by atoms with E-state index in [0.29, 0.717) is 23.7 Å². The van der Waals surface area contributed by atoms with Crippen LogP contribution in [-0.2, 0) is 16.6 Å². The first-order chi connectivity index (χ1) is 11.5. The van der Waals surface area contributed by atoms with Crippen LogP contribution in [0.3, 0.4) is 0 Å². The number of aryl methyl sites for hydroxylation is 2. The largest absolute Gasteiger partial charge is 0.467 e. The second-order valence-corrected chi connectivity index (χ2v) is 6.74. The Morgan fingerprint density at radius 3 is 2.62 bits per heavy atom. The maximum Gasteiger partial charge on any atom is 0.267 e. The number of anilines is 2. The zero-order valence-corrected chi connectivity index (χ0v) is 13.9. The number of aromatic nitrogens is 2. The molecule has 0 radical (unpaired) electrons. The number of rotatable bonds is 6. The van der Waals surface area contributed by atoms with E-state index in [1.807, 2.05) is 6.07 Å². The van der Waals surface area contributed by atoms with Crippen LogP contribution in [0.1, 0.15) is 17.2 Å². The normalized spacial score (nSPS) is 11.4. The van der Waals surface area contributed by atoms with Crippen LogP contribution in [0.25, 0.3) is 0 Å². The van der Waals surface area contributed by atoms with Crippen molar-refractivity contribution in [1.29, 1.82) is 0 Å². The van der Waals surface area contributed by atoms with E-state index in [1.54, 1.807) is 38.3 Å². The monoisotopic (exact) mass is 348 g/mol. The van der Waals surface area contributed by atoms with E-state index in [9.17, 15) is 8.42 Å². The molecule has 0 aliphatic rings. The Morgan fingerprint density at radius 2 is 2.04 bits per heavy atom. The lowest BCUT2D eigenvalue weighted by Crippen LogP contribution is -2.14. The molecule has 8 nitrogen and oxygen atoms in total. The second-order valence-electron chi connectivity index (χ2n) is 5.12. The minimum atomic E-state index is -3.77. The maximum atomic E-state index is 12.4. The van der Waals surface area contributed by atoms with Crippen LogP contribution >= 0.6 is 0 Å². The summed E-state index contributed by atoms with van der Waals surface area (Å²) in [6, 6.07) is 6.94. The Kier molecular flexibility index (Phi) is 4.26. The van der Waals surface area contributed by atoms with Gasteiger partial charge in [0.2, 0.25) is 0 Å². The number of nitrogens with one attached hydrogen (secondary N) is 2. The topological polar surface area (TPSA) is 110 Å². The minimum Gasteiger partial charge on any atom is -0.467 e. The van der Waals surface area contributed by atoms with Gasteiger partial charge in [-0.25, -0.2) is 13.4 Å². The molecule has 0 fully saturated rings. The standard InChI is InChI=1S/C15H16N4O4S/c1-10-15(11(2)23-18-10)24(20,21)19-12-5-6-14(16-8-12)17-9-13-4-3-7-22-13/h3-8,19H,9H2,1-2H3,(H,16,17). The molecule has 3 aromatic rings. The molecule has 0 spiro atoms. The van der Waals surface area contributed by atoms with Gasteiger partial charge in [-0.2, -0.15) is 0 Å². The van der Waals surface area contributed by atoms with Crippen molar-refractivity contribution >= 4 is 21.5 Å². The molecule has 9 heteroatoms. The number of pyridine rings is 1. The fraction of sp³-hybridized carbons (Fsp3) is 0.200. The smallest absolute Gasteiger partial charge is 0.267 e. The summed E-state index contributed by atoms with van der Waals surface area (Å²) in [5.74, 6) is 1.62.